The van der Waals surface area contributed by atoms with Crippen molar-refractivity contribution >= 4 is 44.8 Å². The van der Waals surface area contributed by atoms with Crippen molar-refractivity contribution in [3.8, 4) is 0 Å². The normalized spacial score (nSPS) is 12.5. The van der Waals surface area contributed by atoms with E-state index < -0.39 is 10.0 Å². The molecule has 134 valence electrons. The largest absolute Gasteiger partial charge is 0.346 e. The highest BCUT2D eigenvalue weighted by atomic mass is 35.5. The summed E-state index contributed by atoms with van der Waals surface area (Å²) in [5.74, 6) is -0.331. The molecule has 2 aromatic carbocycles. The highest BCUT2D eigenvalue weighted by Gasteiger charge is 2.18. The number of nitrogens with one attached hydrogen (secondary N) is 1. The Morgan fingerprint density at radius 2 is 1.72 bits per heavy atom. The molecule has 0 aliphatic heterocycles. The number of halogens is 2. The Kier molecular flexibility index (Phi) is 5.98. The van der Waals surface area contributed by atoms with Gasteiger partial charge in [0.15, 0.2) is 0 Å². The zero-order valence-electron chi connectivity index (χ0n) is 14.0. The topological polar surface area (TPSA) is 66.5 Å². The van der Waals surface area contributed by atoms with E-state index in [2.05, 4.69) is 5.32 Å². The summed E-state index contributed by atoms with van der Waals surface area (Å²) in [4.78, 5) is 12.5. The molecule has 2 rings (SSSR count). The molecule has 0 bridgehead atoms. The zero-order valence-corrected chi connectivity index (χ0v) is 16.3. The molecule has 0 fully saturated rings. The van der Waals surface area contributed by atoms with Crippen molar-refractivity contribution in [1.82, 2.24) is 5.32 Å². The van der Waals surface area contributed by atoms with E-state index in [9.17, 15) is 13.2 Å². The quantitative estimate of drug-likeness (QED) is 0.827. The Labute approximate surface area is 157 Å². The highest BCUT2D eigenvalue weighted by Crippen LogP contribution is 2.28. The summed E-state index contributed by atoms with van der Waals surface area (Å²) in [7, 11) is -2.10. The summed E-state index contributed by atoms with van der Waals surface area (Å²) < 4.78 is 24.5. The number of hydrogen-bond acceptors (Lipinski definition) is 3. The van der Waals surface area contributed by atoms with Crippen molar-refractivity contribution in [3.05, 3.63) is 63.6 Å². The second kappa shape index (κ2) is 7.64. The van der Waals surface area contributed by atoms with Crippen LogP contribution in [0.15, 0.2) is 42.5 Å². The van der Waals surface area contributed by atoms with Crippen molar-refractivity contribution in [3.63, 3.8) is 0 Å². The highest BCUT2D eigenvalue weighted by molar-refractivity contribution is 7.92. The number of benzene rings is 2. The lowest BCUT2D eigenvalue weighted by Crippen LogP contribution is -2.28. The summed E-state index contributed by atoms with van der Waals surface area (Å²) in [6.07, 6.45) is 1.07. The fourth-order valence-electron chi connectivity index (χ4n) is 2.19. The van der Waals surface area contributed by atoms with E-state index in [0.29, 0.717) is 10.6 Å². The Morgan fingerprint density at radius 3 is 2.28 bits per heavy atom. The van der Waals surface area contributed by atoms with E-state index in [0.717, 1.165) is 16.1 Å². The number of hydrogen-bond donors (Lipinski definition) is 1. The maximum absolute atomic E-state index is 12.5. The minimum atomic E-state index is -3.49. The Morgan fingerprint density at radius 1 is 1.12 bits per heavy atom. The number of carbonyl (C=O) groups is 1. The smallest absolute Gasteiger partial charge is 0.251 e. The molecule has 1 amide bonds. The SMILES string of the molecule is C[C@@H](NC(=O)c1ccc(Cl)c(N(C)S(C)(=O)=O)c1)c1ccc(Cl)cc1. The predicted molar refractivity (Wildman–Crippen MR) is 102 cm³/mol. The Balaban J connectivity index is 2.23. The second-order valence-corrected chi connectivity index (χ2v) is 8.50. The van der Waals surface area contributed by atoms with Crippen LogP contribution in [0.2, 0.25) is 10.0 Å². The van der Waals surface area contributed by atoms with E-state index >= 15 is 0 Å². The standard InChI is InChI=1S/C17H18Cl2N2O3S/c1-11(12-4-7-14(18)8-5-12)20-17(22)13-6-9-15(19)16(10-13)21(2)25(3,23)24/h4-11H,1-3H3,(H,20,22)/t11-/m1/s1. The van der Waals surface area contributed by atoms with Gasteiger partial charge in [-0.2, -0.15) is 0 Å². The Bertz CT molecular complexity index is 883. The van der Waals surface area contributed by atoms with Gasteiger partial charge < -0.3 is 5.32 Å². The maximum atomic E-state index is 12.5. The average Bonchev–Trinajstić information content (AvgIpc) is 2.54. The molecule has 0 aliphatic carbocycles. The molecule has 0 spiro atoms. The molecule has 1 N–H and O–H groups in total. The minimum absolute atomic E-state index is 0.239. The molecule has 0 saturated carbocycles. The van der Waals surface area contributed by atoms with Gasteiger partial charge in [0.2, 0.25) is 10.0 Å². The third-order valence-electron chi connectivity index (χ3n) is 3.76. The van der Waals surface area contributed by atoms with Gasteiger partial charge in [-0.3, -0.25) is 9.10 Å². The molecule has 0 saturated heterocycles. The maximum Gasteiger partial charge on any atom is 0.251 e. The van der Waals surface area contributed by atoms with E-state index in [1.807, 2.05) is 19.1 Å². The van der Waals surface area contributed by atoms with E-state index in [1.165, 1.54) is 19.2 Å². The van der Waals surface area contributed by atoms with Crippen molar-refractivity contribution in [2.45, 2.75) is 13.0 Å². The van der Waals surface area contributed by atoms with E-state index in [1.54, 1.807) is 18.2 Å². The van der Waals surface area contributed by atoms with Gasteiger partial charge in [0.25, 0.3) is 5.91 Å². The molecule has 2 aromatic rings. The van der Waals surface area contributed by atoms with Crippen LogP contribution in [0, 0.1) is 0 Å². The van der Waals surface area contributed by atoms with Crippen molar-refractivity contribution in [1.29, 1.82) is 0 Å². The van der Waals surface area contributed by atoms with Crippen LogP contribution in [0.25, 0.3) is 0 Å². The molecule has 5 nitrogen and oxygen atoms in total. The van der Waals surface area contributed by atoms with Gasteiger partial charge in [-0.05, 0) is 42.8 Å². The number of nitrogens with zero attached hydrogens (tertiary/aromatic N) is 1. The molecule has 0 heterocycles. The lowest BCUT2D eigenvalue weighted by atomic mass is 10.1. The van der Waals surface area contributed by atoms with Crippen LogP contribution in [0.4, 0.5) is 5.69 Å². The van der Waals surface area contributed by atoms with Crippen LogP contribution in [-0.2, 0) is 10.0 Å². The first-order valence-corrected chi connectivity index (χ1v) is 10.00. The lowest BCUT2D eigenvalue weighted by molar-refractivity contribution is 0.0940. The van der Waals surface area contributed by atoms with Gasteiger partial charge in [-0.25, -0.2) is 8.42 Å². The number of carbonyl (C=O) groups excluding carboxylic acids is 1. The van der Waals surface area contributed by atoms with E-state index in [4.69, 9.17) is 23.2 Å². The monoisotopic (exact) mass is 400 g/mol. The molecule has 0 aliphatic rings. The molecular formula is C17H18Cl2N2O3S. The second-order valence-electron chi connectivity index (χ2n) is 5.64. The third-order valence-corrected chi connectivity index (χ3v) is 5.53. The summed E-state index contributed by atoms with van der Waals surface area (Å²) in [5.41, 5.74) is 1.46. The first-order chi connectivity index (χ1) is 11.6. The third kappa shape index (κ3) is 4.87. The molecule has 1 atom stereocenters. The van der Waals surface area contributed by atoms with Crippen LogP contribution in [0.3, 0.4) is 0 Å². The van der Waals surface area contributed by atoms with Crippen molar-refractivity contribution in [2.24, 2.45) is 0 Å². The molecule has 8 heteroatoms. The number of anilines is 1. The van der Waals surface area contributed by atoms with Gasteiger partial charge in [0.1, 0.15) is 0 Å². The summed E-state index contributed by atoms with van der Waals surface area (Å²) in [6, 6.07) is 11.4. The summed E-state index contributed by atoms with van der Waals surface area (Å²) in [5, 5.41) is 3.73. The zero-order chi connectivity index (χ0) is 18.8. The predicted octanol–water partition coefficient (Wildman–Crippen LogP) is 3.88. The molecule has 0 radical (unpaired) electrons. The summed E-state index contributed by atoms with van der Waals surface area (Å²) >= 11 is 11.9. The van der Waals surface area contributed by atoms with Crippen LogP contribution >= 0.6 is 23.2 Å². The Hall–Kier alpha value is -1.76. The first-order valence-electron chi connectivity index (χ1n) is 7.39. The fraction of sp³-hybridized carbons (Fsp3) is 0.235. The van der Waals surface area contributed by atoms with Crippen LogP contribution in [0.5, 0.6) is 0 Å². The van der Waals surface area contributed by atoms with E-state index in [-0.39, 0.29) is 22.7 Å². The fourth-order valence-corrected chi connectivity index (χ4v) is 3.12. The van der Waals surface area contributed by atoms with Gasteiger partial charge in [-0.15, -0.1) is 0 Å². The molecular weight excluding hydrogens is 383 g/mol. The van der Waals surface area contributed by atoms with Gasteiger partial charge in [0, 0.05) is 17.6 Å². The average molecular weight is 401 g/mol. The summed E-state index contributed by atoms with van der Waals surface area (Å²) in [6.45, 7) is 1.85. The van der Waals surface area contributed by atoms with Gasteiger partial charge in [0.05, 0.1) is 23.0 Å². The first kappa shape index (κ1) is 19.6. The van der Waals surface area contributed by atoms with Crippen LogP contribution in [0.1, 0.15) is 28.9 Å². The van der Waals surface area contributed by atoms with Crippen molar-refractivity contribution in [2.75, 3.05) is 17.6 Å². The number of sulfonamides is 1. The van der Waals surface area contributed by atoms with Gasteiger partial charge in [-0.1, -0.05) is 35.3 Å². The van der Waals surface area contributed by atoms with Crippen molar-refractivity contribution < 1.29 is 13.2 Å². The molecule has 25 heavy (non-hydrogen) atoms. The number of rotatable bonds is 5. The molecule has 0 unspecified atom stereocenters. The lowest BCUT2D eigenvalue weighted by Gasteiger charge is -2.19. The van der Waals surface area contributed by atoms with Crippen LogP contribution in [-0.4, -0.2) is 27.6 Å². The molecule has 0 aromatic heterocycles. The number of amides is 1. The van der Waals surface area contributed by atoms with Crippen LogP contribution < -0.4 is 9.62 Å². The van der Waals surface area contributed by atoms with Gasteiger partial charge >= 0.3 is 0 Å². The minimum Gasteiger partial charge on any atom is -0.346 e.